The number of carbonyl (C=O) groups is 1. The van der Waals surface area contributed by atoms with Gasteiger partial charge in [-0.15, -0.1) is 0 Å². The molecule has 1 aromatic carbocycles. The summed E-state index contributed by atoms with van der Waals surface area (Å²) >= 11 is 0. The van der Waals surface area contributed by atoms with Crippen LogP contribution in [0.4, 0.5) is 0 Å². The number of likely N-dealkylation sites (tertiary alicyclic amines) is 1. The number of aromatic amines is 2. The predicted octanol–water partition coefficient (Wildman–Crippen LogP) is 3.42. The third-order valence-corrected chi connectivity index (χ3v) is 4.77. The summed E-state index contributed by atoms with van der Waals surface area (Å²) in [5.74, 6) is 0.502. The average Bonchev–Trinajstić information content (AvgIpc) is 3.34. The maximum Gasteiger partial charge on any atom is 0.270 e. The van der Waals surface area contributed by atoms with Crippen molar-refractivity contribution in [1.82, 2.24) is 20.1 Å². The summed E-state index contributed by atoms with van der Waals surface area (Å²) in [5, 5.41) is 7.44. The van der Waals surface area contributed by atoms with Gasteiger partial charge in [0, 0.05) is 36.5 Å². The molecule has 0 aliphatic carbocycles. The molecule has 2 N–H and O–H groups in total. The number of carbonyl (C=O) groups excluding carboxylic acids is 1. The Morgan fingerprint density at radius 3 is 2.58 bits per heavy atom. The molecular weight excluding hydrogens is 300 g/mol. The van der Waals surface area contributed by atoms with Crippen molar-refractivity contribution < 1.29 is 4.79 Å². The first-order valence-electron chi connectivity index (χ1n) is 8.34. The molecule has 0 radical (unpaired) electrons. The summed E-state index contributed by atoms with van der Waals surface area (Å²) in [6, 6.07) is 14.0. The monoisotopic (exact) mass is 320 g/mol. The standard InChI is InChI=1S/C19H20N4O/c24-19(17-7-4-10-20-17)23-11-8-15(9-12-23)18-16(13-21-22-18)14-5-2-1-3-6-14/h1-7,10,13,15,20H,8-9,11-12H2,(H,21,22). The van der Waals surface area contributed by atoms with Crippen molar-refractivity contribution in [2.45, 2.75) is 18.8 Å². The molecule has 122 valence electrons. The minimum absolute atomic E-state index is 0.0892. The quantitative estimate of drug-likeness (QED) is 0.776. The molecule has 1 amide bonds. The predicted molar refractivity (Wildman–Crippen MR) is 92.7 cm³/mol. The molecule has 2 aromatic heterocycles. The van der Waals surface area contributed by atoms with Gasteiger partial charge in [0.2, 0.25) is 0 Å². The van der Waals surface area contributed by atoms with Gasteiger partial charge in [0.25, 0.3) is 5.91 Å². The van der Waals surface area contributed by atoms with Crippen molar-refractivity contribution in [3.05, 3.63) is 66.2 Å². The van der Waals surface area contributed by atoms with E-state index in [0.29, 0.717) is 11.6 Å². The first kappa shape index (κ1) is 14.8. The van der Waals surface area contributed by atoms with Gasteiger partial charge in [0.05, 0.1) is 6.20 Å². The highest BCUT2D eigenvalue weighted by Gasteiger charge is 2.27. The van der Waals surface area contributed by atoms with E-state index >= 15 is 0 Å². The molecule has 0 spiro atoms. The van der Waals surface area contributed by atoms with Gasteiger partial charge in [-0.25, -0.2) is 0 Å². The van der Waals surface area contributed by atoms with E-state index < -0.39 is 0 Å². The van der Waals surface area contributed by atoms with Gasteiger partial charge in [-0.2, -0.15) is 5.10 Å². The van der Waals surface area contributed by atoms with Crippen LogP contribution in [-0.2, 0) is 0 Å². The lowest BCUT2D eigenvalue weighted by Gasteiger charge is -2.31. The molecule has 0 atom stereocenters. The van der Waals surface area contributed by atoms with Crippen LogP contribution in [0, 0.1) is 0 Å². The van der Waals surface area contributed by atoms with Crippen molar-refractivity contribution >= 4 is 5.91 Å². The van der Waals surface area contributed by atoms with E-state index in [4.69, 9.17) is 0 Å². The zero-order valence-corrected chi connectivity index (χ0v) is 13.4. The van der Waals surface area contributed by atoms with E-state index in [1.807, 2.05) is 41.4 Å². The van der Waals surface area contributed by atoms with Crippen LogP contribution in [0.1, 0.15) is 34.9 Å². The van der Waals surface area contributed by atoms with Gasteiger partial charge in [0.1, 0.15) is 5.69 Å². The Morgan fingerprint density at radius 2 is 1.88 bits per heavy atom. The number of hydrogen-bond donors (Lipinski definition) is 2. The smallest absolute Gasteiger partial charge is 0.270 e. The van der Waals surface area contributed by atoms with E-state index in [1.54, 1.807) is 6.20 Å². The lowest BCUT2D eigenvalue weighted by Crippen LogP contribution is -2.38. The number of benzene rings is 1. The van der Waals surface area contributed by atoms with Crippen LogP contribution in [0.5, 0.6) is 0 Å². The Balaban J connectivity index is 1.47. The SMILES string of the molecule is O=C(c1ccc[nH]1)N1CCC(c2[nH]ncc2-c2ccccc2)CC1. The number of amides is 1. The van der Waals surface area contributed by atoms with Crippen LogP contribution in [0.3, 0.4) is 0 Å². The molecule has 5 heteroatoms. The maximum atomic E-state index is 12.4. The number of nitrogens with zero attached hydrogens (tertiary/aromatic N) is 2. The second-order valence-electron chi connectivity index (χ2n) is 6.21. The van der Waals surface area contributed by atoms with E-state index in [0.717, 1.165) is 25.9 Å². The maximum absolute atomic E-state index is 12.4. The Morgan fingerprint density at radius 1 is 1.08 bits per heavy atom. The molecule has 0 unspecified atom stereocenters. The fourth-order valence-corrected chi connectivity index (χ4v) is 3.46. The third kappa shape index (κ3) is 2.73. The van der Waals surface area contributed by atoms with Crippen LogP contribution >= 0.6 is 0 Å². The molecule has 1 aliphatic rings. The number of hydrogen-bond acceptors (Lipinski definition) is 2. The van der Waals surface area contributed by atoms with Crippen LogP contribution in [-0.4, -0.2) is 39.1 Å². The topological polar surface area (TPSA) is 64.8 Å². The second kappa shape index (κ2) is 6.35. The molecule has 3 aromatic rings. The summed E-state index contributed by atoms with van der Waals surface area (Å²) in [6.07, 6.45) is 5.60. The van der Waals surface area contributed by atoms with Gasteiger partial charge in [0.15, 0.2) is 0 Å². The Bertz CT molecular complexity index is 799. The summed E-state index contributed by atoms with van der Waals surface area (Å²) in [6.45, 7) is 1.55. The normalized spacial score (nSPS) is 15.6. The Labute approximate surface area is 140 Å². The molecule has 1 aliphatic heterocycles. The molecule has 0 saturated carbocycles. The molecule has 0 bridgehead atoms. The van der Waals surface area contributed by atoms with Crippen LogP contribution in [0.15, 0.2) is 54.9 Å². The molecule has 4 rings (SSSR count). The summed E-state index contributed by atoms with van der Waals surface area (Å²) in [5.41, 5.74) is 4.21. The minimum Gasteiger partial charge on any atom is -0.357 e. The van der Waals surface area contributed by atoms with Crippen molar-refractivity contribution in [1.29, 1.82) is 0 Å². The lowest BCUT2D eigenvalue weighted by molar-refractivity contribution is 0.0707. The van der Waals surface area contributed by atoms with Gasteiger partial charge in [-0.05, 0) is 30.5 Å². The molecule has 3 heterocycles. The van der Waals surface area contributed by atoms with Crippen molar-refractivity contribution in [2.75, 3.05) is 13.1 Å². The zero-order chi connectivity index (χ0) is 16.4. The second-order valence-corrected chi connectivity index (χ2v) is 6.21. The fraction of sp³-hybridized carbons (Fsp3) is 0.263. The largest absolute Gasteiger partial charge is 0.357 e. The van der Waals surface area contributed by atoms with Crippen LogP contribution < -0.4 is 0 Å². The van der Waals surface area contributed by atoms with Crippen molar-refractivity contribution in [2.24, 2.45) is 0 Å². The minimum atomic E-state index is 0.0892. The first-order chi connectivity index (χ1) is 11.8. The molecule has 5 nitrogen and oxygen atoms in total. The van der Waals surface area contributed by atoms with Gasteiger partial charge < -0.3 is 9.88 Å². The zero-order valence-electron chi connectivity index (χ0n) is 13.4. The van der Waals surface area contributed by atoms with Crippen molar-refractivity contribution in [3.8, 4) is 11.1 Å². The van der Waals surface area contributed by atoms with E-state index in [9.17, 15) is 4.79 Å². The molecule has 24 heavy (non-hydrogen) atoms. The third-order valence-electron chi connectivity index (χ3n) is 4.77. The fourth-order valence-electron chi connectivity index (χ4n) is 3.46. The van der Waals surface area contributed by atoms with Crippen LogP contribution in [0.2, 0.25) is 0 Å². The number of piperidine rings is 1. The van der Waals surface area contributed by atoms with E-state index in [1.165, 1.54) is 16.8 Å². The van der Waals surface area contributed by atoms with Gasteiger partial charge >= 0.3 is 0 Å². The summed E-state index contributed by atoms with van der Waals surface area (Å²) < 4.78 is 0. The highest BCUT2D eigenvalue weighted by Crippen LogP contribution is 2.33. The molecular formula is C19H20N4O. The molecule has 1 saturated heterocycles. The Hall–Kier alpha value is -2.82. The average molecular weight is 320 g/mol. The highest BCUT2D eigenvalue weighted by atomic mass is 16.2. The van der Waals surface area contributed by atoms with Gasteiger partial charge in [-0.3, -0.25) is 9.89 Å². The van der Waals surface area contributed by atoms with E-state index in [-0.39, 0.29) is 5.91 Å². The summed E-state index contributed by atoms with van der Waals surface area (Å²) in [4.78, 5) is 17.3. The van der Waals surface area contributed by atoms with Gasteiger partial charge in [-0.1, -0.05) is 30.3 Å². The van der Waals surface area contributed by atoms with E-state index in [2.05, 4.69) is 27.3 Å². The molecule has 1 fully saturated rings. The lowest BCUT2D eigenvalue weighted by atomic mass is 9.89. The number of rotatable bonds is 3. The summed E-state index contributed by atoms with van der Waals surface area (Å²) in [7, 11) is 0. The number of nitrogens with one attached hydrogen (secondary N) is 2. The van der Waals surface area contributed by atoms with Crippen molar-refractivity contribution in [3.63, 3.8) is 0 Å². The first-order valence-corrected chi connectivity index (χ1v) is 8.34. The Kier molecular flexibility index (Phi) is 3.91. The van der Waals surface area contributed by atoms with Crippen LogP contribution in [0.25, 0.3) is 11.1 Å². The number of H-pyrrole nitrogens is 2. The number of aromatic nitrogens is 3. The highest BCUT2D eigenvalue weighted by molar-refractivity contribution is 5.92.